The highest BCUT2D eigenvalue weighted by molar-refractivity contribution is 5.80. The minimum atomic E-state index is -0.0901. The minimum absolute atomic E-state index is 0.0901. The van der Waals surface area contributed by atoms with Crippen LogP contribution in [0.2, 0.25) is 0 Å². The summed E-state index contributed by atoms with van der Waals surface area (Å²) in [5.74, 6) is 1.42. The van der Waals surface area contributed by atoms with Crippen molar-refractivity contribution in [2.24, 2.45) is 0 Å². The van der Waals surface area contributed by atoms with E-state index in [2.05, 4.69) is 25.9 Å². The van der Waals surface area contributed by atoms with Gasteiger partial charge in [-0.05, 0) is 13.3 Å². The molecule has 0 fully saturated rings. The van der Waals surface area contributed by atoms with E-state index in [4.69, 9.17) is 4.74 Å². The van der Waals surface area contributed by atoms with Gasteiger partial charge in [0.1, 0.15) is 18.0 Å². The highest BCUT2D eigenvalue weighted by Crippen LogP contribution is 2.19. The second-order valence-electron chi connectivity index (χ2n) is 4.13. The van der Waals surface area contributed by atoms with Crippen LogP contribution in [0.5, 0.6) is 0 Å². The van der Waals surface area contributed by atoms with E-state index >= 15 is 0 Å². The van der Waals surface area contributed by atoms with E-state index < -0.39 is 0 Å². The Balaban J connectivity index is 2.58. The molecule has 0 aromatic carbocycles. The molecule has 0 unspecified atom stereocenters. The lowest BCUT2D eigenvalue weighted by molar-refractivity contribution is -0.119. The van der Waals surface area contributed by atoms with Crippen molar-refractivity contribution in [1.82, 2.24) is 15.3 Å². The fourth-order valence-electron chi connectivity index (χ4n) is 1.74. The van der Waals surface area contributed by atoms with Gasteiger partial charge in [0.05, 0.1) is 13.2 Å². The summed E-state index contributed by atoms with van der Waals surface area (Å²) in [6.45, 7) is 6.02. The quantitative estimate of drug-likeness (QED) is 0.576. The molecule has 0 atom stereocenters. The van der Waals surface area contributed by atoms with Crippen molar-refractivity contribution in [1.29, 1.82) is 0 Å². The molecular weight excluding hydrogens is 258 g/mol. The fourth-order valence-corrected chi connectivity index (χ4v) is 1.74. The number of ether oxygens (including phenoxy) is 1. The predicted molar refractivity (Wildman–Crippen MR) is 78.9 cm³/mol. The number of anilines is 2. The molecule has 1 amide bonds. The average Bonchev–Trinajstić information content (AvgIpc) is 2.46. The lowest BCUT2D eigenvalue weighted by atomic mass is 10.2. The van der Waals surface area contributed by atoms with Crippen molar-refractivity contribution in [3.05, 3.63) is 11.9 Å². The monoisotopic (exact) mass is 281 g/mol. The third kappa shape index (κ3) is 5.00. The summed E-state index contributed by atoms with van der Waals surface area (Å²) in [5.41, 5.74) is 0.985. The molecule has 1 aromatic rings. The fraction of sp³-hybridized carbons (Fsp3) is 0.615. The van der Waals surface area contributed by atoms with Gasteiger partial charge in [-0.15, -0.1) is 0 Å². The Morgan fingerprint density at radius 1 is 1.25 bits per heavy atom. The van der Waals surface area contributed by atoms with Crippen LogP contribution in [0, 0.1) is 0 Å². The van der Waals surface area contributed by atoms with Gasteiger partial charge in [0.15, 0.2) is 0 Å². The van der Waals surface area contributed by atoms with E-state index in [9.17, 15) is 4.79 Å². The average molecular weight is 281 g/mol. The zero-order valence-corrected chi connectivity index (χ0v) is 12.3. The van der Waals surface area contributed by atoms with Gasteiger partial charge in [-0.1, -0.05) is 6.92 Å². The number of carbonyl (C=O) groups is 1. The topological polar surface area (TPSA) is 88.2 Å². The Labute approximate surface area is 119 Å². The van der Waals surface area contributed by atoms with Crippen molar-refractivity contribution in [3.8, 4) is 0 Å². The van der Waals surface area contributed by atoms with Crippen LogP contribution in [-0.4, -0.2) is 49.2 Å². The van der Waals surface area contributed by atoms with Crippen molar-refractivity contribution in [2.45, 2.75) is 20.3 Å². The summed E-state index contributed by atoms with van der Waals surface area (Å²) in [6, 6.07) is 0. The summed E-state index contributed by atoms with van der Waals surface area (Å²) in [6.07, 6.45) is 2.28. The SMILES string of the molecule is CCNc1ncnc(NCC(=O)NCCOC)c1CC. The minimum Gasteiger partial charge on any atom is -0.383 e. The highest BCUT2D eigenvalue weighted by atomic mass is 16.5. The van der Waals surface area contributed by atoms with Gasteiger partial charge in [-0.2, -0.15) is 0 Å². The first-order valence-corrected chi connectivity index (χ1v) is 6.80. The van der Waals surface area contributed by atoms with E-state index in [0.717, 1.165) is 24.3 Å². The molecule has 0 aliphatic heterocycles. The highest BCUT2D eigenvalue weighted by Gasteiger charge is 2.10. The molecule has 0 spiro atoms. The number of nitrogens with one attached hydrogen (secondary N) is 3. The van der Waals surface area contributed by atoms with Crippen LogP contribution >= 0.6 is 0 Å². The van der Waals surface area contributed by atoms with Gasteiger partial charge < -0.3 is 20.7 Å². The van der Waals surface area contributed by atoms with Crippen LogP contribution in [0.4, 0.5) is 11.6 Å². The molecule has 1 heterocycles. The van der Waals surface area contributed by atoms with Crippen LogP contribution in [-0.2, 0) is 16.0 Å². The Kier molecular flexibility index (Phi) is 7.34. The van der Waals surface area contributed by atoms with E-state index in [-0.39, 0.29) is 12.5 Å². The van der Waals surface area contributed by atoms with E-state index in [1.807, 2.05) is 13.8 Å². The van der Waals surface area contributed by atoms with Crippen molar-refractivity contribution in [2.75, 3.05) is 44.0 Å². The third-order valence-electron chi connectivity index (χ3n) is 2.69. The Bertz CT molecular complexity index is 425. The molecule has 0 aliphatic rings. The van der Waals surface area contributed by atoms with E-state index in [1.54, 1.807) is 7.11 Å². The molecule has 0 radical (unpaired) electrons. The zero-order chi connectivity index (χ0) is 14.8. The predicted octanol–water partition coefficient (Wildman–Crippen LogP) is 0.645. The van der Waals surface area contributed by atoms with Gasteiger partial charge in [0.2, 0.25) is 5.91 Å². The summed E-state index contributed by atoms with van der Waals surface area (Å²) >= 11 is 0. The third-order valence-corrected chi connectivity index (χ3v) is 2.69. The maximum Gasteiger partial charge on any atom is 0.239 e. The summed E-state index contributed by atoms with van der Waals surface area (Å²) in [5, 5.41) is 8.98. The second-order valence-corrected chi connectivity index (χ2v) is 4.13. The van der Waals surface area contributed by atoms with Crippen molar-refractivity contribution in [3.63, 3.8) is 0 Å². The van der Waals surface area contributed by atoms with Crippen LogP contribution in [0.1, 0.15) is 19.4 Å². The van der Waals surface area contributed by atoms with Gasteiger partial charge >= 0.3 is 0 Å². The number of rotatable bonds is 9. The molecule has 0 saturated heterocycles. The number of aromatic nitrogens is 2. The normalized spacial score (nSPS) is 10.2. The van der Waals surface area contributed by atoms with E-state index in [1.165, 1.54) is 6.33 Å². The smallest absolute Gasteiger partial charge is 0.239 e. The van der Waals surface area contributed by atoms with Crippen LogP contribution in [0.25, 0.3) is 0 Å². The largest absolute Gasteiger partial charge is 0.383 e. The lowest BCUT2D eigenvalue weighted by Gasteiger charge is -2.13. The molecule has 20 heavy (non-hydrogen) atoms. The number of amides is 1. The first-order chi connectivity index (χ1) is 9.72. The maximum absolute atomic E-state index is 11.6. The molecule has 7 heteroatoms. The molecule has 7 nitrogen and oxygen atoms in total. The summed E-state index contributed by atoms with van der Waals surface area (Å²) in [4.78, 5) is 20.0. The number of methoxy groups -OCH3 is 1. The first kappa shape index (κ1) is 16.2. The zero-order valence-electron chi connectivity index (χ0n) is 12.3. The summed E-state index contributed by atoms with van der Waals surface area (Å²) in [7, 11) is 1.60. The van der Waals surface area contributed by atoms with Gasteiger partial charge in [0.25, 0.3) is 0 Å². The lowest BCUT2D eigenvalue weighted by Crippen LogP contribution is -2.32. The van der Waals surface area contributed by atoms with E-state index in [0.29, 0.717) is 19.0 Å². The molecule has 1 rings (SSSR count). The molecular formula is C13H23N5O2. The van der Waals surface area contributed by atoms with Gasteiger partial charge in [0, 0.05) is 25.8 Å². The van der Waals surface area contributed by atoms with Gasteiger partial charge in [-0.3, -0.25) is 4.79 Å². The molecule has 3 N–H and O–H groups in total. The molecule has 0 saturated carbocycles. The number of nitrogens with zero attached hydrogens (tertiary/aromatic N) is 2. The standard InChI is InChI=1S/C13H23N5O2/c1-4-10-12(14-5-2)17-9-18-13(10)16-8-11(19)15-6-7-20-3/h9H,4-8H2,1-3H3,(H,15,19)(H2,14,16,17,18). The number of hydrogen-bond donors (Lipinski definition) is 3. The maximum atomic E-state index is 11.6. The van der Waals surface area contributed by atoms with Crippen molar-refractivity contribution >= 4 is 17.5 Å². The van der Waals surface area contributed by atoms with Crippen molar-refractivity contribution < 1.29 is 9.53 Å². The first-order valence-electron chi connectivity index (χ1n) is 6.80. The van der Waals surface area contributed by atoms with Gasteiger partial charge in [-0.25, -0.2) is 9.97 Å². The molecule has 0 aliphatic carbocycles. The van der Waals surface area contributed by atoms with Crippen LogP contribution in [0.3, 0.4) is 0 Å². The summed E-state index contributed by atoms with van der Waals surface area (Å²) < 4.78 is 4.87. The number of carbonyl (C=O) groups excluding carboxylic acids is 1. The van der Waals surface area contributed by atoms with Crippen LogP contribution in [0.15, 0.2) is 6.33 Å². The number of hydrogen-bond acceptors (Lipinski definition) is 6. The second kappa shape index (κ2) is 9.08. The molecule has 0 bridgehead atoms. The molecule has 112 valence electrons. The Hall–Kier alpha value is -1.89. The Morgan fingerprint density at radius 3 is 2.55 bits per heavy atom. The molecule has 1 aromatic heterocycles. The van der Waals surface area contributed by atoms with Crippen LogP contribution < -0.4 is 16.0 Å². The Morgan fingerprint density at radius 2 is 1.95 bits per heavy atom.